The Balaban J connectivity index is 2.35. The van der Waals surface area contributed by atoms with Crippen LogP contribution in [0.3, 0.4) is 0 Å². The summed E-state index contributed by atoms with van der Waals surface area (Å²) >= 11 is 0. The van der Waals surface area contributed by atoms with Gasteiger partial charge in [-0.3, -0.25) is 14.4 Å². The van der Waals surface area contributed by atoms with Crippen LogP contribution in [0.4, 0.5) is 0 Å². The molecule has 0 aliphatic rings. The molecular weight excluding hydrogens is 668 g/mol. The number of aromatic hydroxyl groups is 6. The zero-order valence-electron chi connectivity index (χ0n) is 25.1. The number of carbonyl (C=O) groups excluding carboxylic acids is 3. The lowest BCUT2D eigenvalue weighted by Gasteiger charge is -2.47. The van der Waals surface area contributed by atoms with Gasteiger partial charge in [-0.25, -0.2) is 9.59 Å². The molecule has 12 N–H and O–H groups in total. The van der Waals surface area contributed by atoms with Crippen LogP contribution in [0.25, 0.3) is 18.2 Å². The topological polar surface area (TPSA) is 328 Å². The van der Waals surface area contributed by atoms with Crippen LogP contribution in [0.15, 0.2) is 72.8 Å². The third-order valence-electron chi connectivity index (χ3n) is 7.38. The predicted octanol–water partition coefficient (Wildman–Crippen LogP) is -0.209. The maximum Gasteiger partial charge on any atom is 0.347 e. The Morgan fingerprint density at radius 1 is 0.520 bits per heavy atom. The minimum absolute atomic E-state index is 0.156. The normalized spacial score (nSPS) is 16.0. The summed E-state index contributed by atoms with van der Waals surface area (Å²) in [6.45, 7) is 0. The number of phenolic OH excluding ortho intramolecular Hbond substituents is 6. The molecule has 0 unspecified atom stereocenters. The summed E-state index contributed by atoms with van der Waals surface area (Å²) in [7, 11) is 0. The highest BCUT2D eigenvalue weighted by Crippen LogP contribution is 2.41. The lowest BCUT2D eigenvalue weighted by atomic mass is 9.62. The lowest BCUT2D eigenvalue weighted by molar-refractivity contribution is -0.247. The first kappa shape index (κ1) is 37.9. The average molecular weight is 697 g/mol. The number of aliphatic hydroxyl groups is 4. The Morgan fingerprint density at radius 2 is 0.860 bits per heavy atom. The molecule has 262 valence electrons. The zero-order chi connectivity index (χ0) is 37.8. The lowest BCUT2D eigenvalue weighted by Crippen LogP contribution is -2.82. The average Bonchev–Trinajstić information content (AvgIpc) is 3.07. The number of ketones is 3. The largest absolute Gasteiger partial charge is 0.504 e. The highest BCUT2D eigenvalue weighted by molar-refractivity contribution is 6.23. The van der Waals surface area contributed by atoms with Gasteiger partial charge in [0.25, 0.3) is 5.60 Å². The molecule has 0 aliphatic heterocycles. The van der Waals surface area contributed by atoms with Crippen molar-refractivity contribution in [3.8, 4) is 34.5 Å². The van der Waals surface area contributed by atoms with Gasteiger partial charge in [-0.2, -0.15) is 0 Å². The third kappa shape index (κ3) is 6.86. The quantitative estimate of drug-likeness (QED) is 0.0589. The molecule has 0 aliphatic carbocycles. The summed E-state index contributed by atoms with van der Waals surface area (Å²) in [5.41, 5.74) is -14.8. The van der Waals surface area contributed by atoms with E-state index in [1.54, 1.807) is 0 Å². The van der Waals surface area contributed by atoms with Crippen LogP contribution in [0.2, 0.25) is 0 Å². The molecule has 17 nitrogen and oxygen atoms in total. The van der Waals surface area contributed by atoms with Gasteiger partial charge >= 0.3 is 11.9 Å². The summed E-state index contributed by atoms with van der Waals surface area (Å²) in [6.07, 6.45) is -1.12. The smallest absolute Gasteiger partial charge is 0.347 e. The maximum absolute atomic E-state index is 13.8. The molecule has 50 heavy (non-hydrogen) atoms. The Bertz CT molecular complexity index is 1960. The van der Waals surface area contributed by atoms with E-state index >= 15 is 0 Å². The summed E-state index contributed by atoms with van der Waals surface area (Å²) in [5, 5.41) is 123. The van der Waals surface area contributed by atoms with Crippen LogP contribution in [-0.2, 0) is 24.0 Å². The number of carbonyl (C=O) groups is 5. The van der Waals surface area contributed by atoms with Crippen LogP contribution in [0.1, 0.15) is 16.7 Å². The van der Waals surface area contributed by atoms with Crippen molar-refractivity contribution in [3.05, 3.63) is 89.5 Å². The number of hydrogen-bond acceptors (Lipinski definition) is 15. The van der Waals surface area contributed by atoms with Crippen molar-refractivity contribution >= 4 is 47.5 Å². The van der Waals surface area contributed by atoms with Crippen molar-refractivity contribution < 1.29 is 85.3 Å². The van der Waals surface area contributed by atoms with Gasteiger partial charge in [-0.1, -0.05) is 36.4 Å². The molecule has 0 aromatic heterocycles. The van der Waals surface area contributed by atoms with Crippen molar-refractivity contribution in [1.29, 1.82) is 0 Å². The van der Waals surface area contributed by atoms with E-state index in [2.05, 4.69) is 0 Å². The second kappa shape index (κ2) is 14.3. The Morgan fingerprint density at radius 3 is 1.18 bits per heavy atom. The van der Waals surface area contributed by atoms with Crippen LogP contribution in [0, 0.1) is 0 Å². The van der Waals surface area contributed by atoms with E-state index < -0.39 is 86.7 Å². The molecule has 0 amide bonds. The molecule has 3 aromatic rings. The predicted molar refractivity (Wildman–Crippen MR) is 168 cm³/mol. The number of phenols is 6. The molecule has 4 atom stereocenters. The van der Waals surface area contributed by atoms with Crippen LogP contribution in [-0.4, -0.2) is 113 Å². The summed E-state index contributed by atoms with van der Waals surface area (Å²) in [4.78, 5) is 65.7. The van der Waals surface area contributed by atoms with Gasteiger partial charge < -0.3 is 61.3 Å². The second-order valence-corrected chi connectivity index (χ2v) is 10.6. The first-order valence-electron chi connectivity index (χ1n) is 13.8. The number of carboxylic acid groups (broad SMARTS) is 2. The molecule has 0 spiro atoms. The van der Waals surface area contributed by atoms with Crippen LogP contribution >= 0.6 is 0 Å². The van der Waals surface area contributed by atoms with Crippen molar-refractivity contribution in [2.75, 3.05) is 0 Å². The number of rotatable bonds is 14. The molecule has 0 saturated carbocycles. The number of hydrogen-bond donors (Lipinski definition) is 12. The summed E-state index contributed by atoms with van der Waals surface area (Å²) < 4.78 is 0. The molecule has 0 radical (unpaired) electrons. The standard InChI is InChI=1S/C33H28O17/c34-19-7-1-16(13-22(19)37)4-10-25(40)31(48,28(43)29(44)45)33(50,27(42)12-6-18-3-9-21(36)24(39)15-18)32(49,30(46)47)26(41)11-5-17-2-8-20(35)23(38)14-17/h1-15,28,34-39,43,48-50H,(H,44,45)(H,46,47)/b10-4+,11-5+,12-6+/t28-,31-,32-,33+/m1/s1. The maximum atomic E-state index is 13.8. The molecule has 0 heterocycles. The molecule has 3 aromatic carbocycles. The molecule has 3 rings (SSSR count). The van der Waals surface area contributed by atoms with E-state index in [-0.39, 0.29) is 34.9 Å². The number of benzene rings is 3. The Labute approximate surface area is 279 Å². The van der Waals surface area contributed by atoms with Gasteiger partial charge in [0, 0.05) is 0 Å². The summed E-state index contributed by atoms with van der Waals surface area (Å²) in [5.74, 6) is -16.2. The number of aliphatic carboxylic acids is 2. The molecule has 0 saturated heterocycles. The fourth-order valence-corrected chi connectivity index (χ4v) is 4.59. The van der Waals surface area contributed by atoms with Gasteiger partial charge in [0.05, 0.1) is 0 Å². The van der Waals surface area contributed by atoms with Gasteiger partial charge in [-0.05, 0) is 71.3 Å². The molecular formula is C33H28O17. The first-order chi connectivity index (χ1) is 23.2. The highest BCUT2D eigenvalue weighted by atomic mass is 16.5. The van der Waals surface area contributed by atoms with Crippen molar-refractivity contribution in [2.24, 2.45) is 0 Å². The SMILES string of the molecule is O=C(O)[C@@H](O)[C@](O)(C(=O)/C=C/c1ccc(O)c(O)c1)[C@@](O)(C(=O)/C=C/c1ccc(O)c(O)c1)[C@](O)(C(=O)O)C(=O)/C=C/c1ccc(O)c(O)c1. The second-order valence-electron chi connectivity index (χ2n) is 10.6. The zero-order valence-corrected chi connectivity index (χ0v) is 25.1. The van der Waals surface area contributed by atoms with Gasteiger partial charge in [0.2, 0.25) is 17.0 Å². The first-order valence-corrected chi connectivity index (χ1v) is 13.8. The Hall–Kier alpha value is -6.53. The van der Waals surface area contributed by atoms with E-state index in [0.29, 0.717) is 18.2 Å². The fourth-order valence-electron chi connectivity index (χ4n) is 4.59. The summed E-state index contributed by atoms with van der Waals surface area (Å²) in [6, 6.07) is 8.42. The van der Waals surface area contributed by atoms with E-state index in [0.717, 1.165) is 54.6 Å². The van der Waals surface area contributed by atoms with E-state index in [1.165, 1.54) is 0 Å². The van der Waals surface area contributed by atoms with Crippen molar-refractivity contribution in [2.45, 2.75) is 22.9 Å². The van der Waals surface area contributed by atoms with Gasteiger partial charge in [0.1, 0.15) is 0 Å². The number of carboxylic acids is 2. The molecule has 0 fully saturated rings. The van der Waals surface area contributed by atoms with Crippen LogP contribution in [0.5, 0.6) is 34.5 Å². The monoisotopic (exact) mass is 696 g/mol. The highest BCUT2D eigenvalue weighted by Gasteiger charge is 2.77. The van der Waals surface area contributed by atoms with Crippen molar-refractivity contribution in [1.82, 2.24) is 0 Å². The molecule has 0 bridgehead atoms. The van der Waals surface area contributed by atoms with Gasteiger partial charge in [0.15, 0.2) is 52.2 Å². The van der Waals surface area contributed by atoms with Crippen LogP contribution < -0.4 is 0 Å². The van der Waals surface area contributed by atoms with E-state index in [4.69, 9.17) is 0 Å². The number of aliphatic hydroxyl groups excluding tert-OH is 1. The molecule has 17 heteroatoms. The van der Waals surface area contributed by atoms with Crippen molar-refractivity contribution in [3.63, 3.8) is 0 Å². The minimum atomic E-state index is -4.85. The third-order valence-corrected chi connectivity index (χ3v) is 7.38. The van der Waals surface area contributed by atoms with E-state index in [9.17, 15) is 85.3 Å². The van der Waals surface area contributed by atoms with Gasteiger partial charge in [-0.15, -0.1) is 0 Å². The minimum Gasteiger partial charge on any atom is -0.504 e. The van der Waals surface area contributed by atoms with E-state index in [1.807, 2.05) is 0 Å². The fraction of sp³-hybridized carbons (Fsp3) is 0.121. The Kier molecular flexibility index (Phi) is 10.8.